The van der Waals surface area contributed by atoms with Gasteiger partial charge in [0.2, 0.25) is 0 Å². The van der Waals surface area contributed by atoms with Crippen LogP contribution in [0.25, 0.3) is 11.3 Å². The monoisotopic (exact) mass is 1000 g/mol. The predicted octanol–water partition coefficient (Wildman–Crippen LogP) is 5.27. The van der Waals surface area contributed by atoms with E-state index in [1.807, 2.05) is 48.8 Å². The molecule has 4 aromatic heterocycles. The van der Waals surface area contributed by atoms with Gasteiger partial charge < -0.3 is 35.2 Å². The minimum absolute atomic E-state index is 0.0746. The molecular formula is C42H50I2N8O5. The van der Waals surface area contributed by atoms with Crippen LogP contribution in [0.3, 0.4) is 0 Å². The van der Waals surface area contributed by atoms with Gasteiger partial charge in [-0.05, 0) is 72.2 Å². The van der Waals surface area contributed by atoms with Gasteiger partial charge in [0.15, 0.2) is 5.69 Å². The van der Waals surface area contributed by atoms with Crippen molar-refractivity contribution in [2.45, 2.75) is 52.0 Å². The first-order valence-corrected chi connectivity index (χ1v) is 25.0. The number of fused-ring (bicyclic) bond motifs is 4. The van der Waals surface area contributed by atoms with E-state index >= 15 is 0 Å². The lowest BCUT2D eigenvalue weighted by Crippen LogP contribution is -2.42. The number of aliphatic hydroxyl groups is 2. The van der Waals surface area contributed by atoms with Crippen LogP contribution in [0.2, 0.25) is 0 Å². The van der Waals surface area contributed by atoms with Crippen LogP contribution in [-0.4, -0.2) is 107 Å². The van der Waals surface area contributed by atoms with E-state index in [9.17, 15) is 19.8 Å². The molecule has 2 aromatic carbocycles. The van der Waals surface area contributed by atoms with Crippen LogP contribution in [0.1, 0.15) is 54.4 Å². The third-order valence-corrected chi connectivity index (χ3v) is 9.78. The van der Waals surface area contributed by atoms with Gasteiger partial charge in [-0.1, -0.05) is 60.7 Å². The van der Waals surface area contributed by atoms with Crippen molar-refractivity contribution in [1.82, 2.24) is 33.9 Å². The molecule has 6 heterocycles. The maximum absolute atomic E-state index is 12.3. The van der Waals surface area contributed by atoms with E-state index in [0.717, 1.165) is 55.8 Å². The Kier molecular flexibility index (Phi) is 16.8. The zero-order valence-electron chi connectivity index (χ0n) is 32.1. The summed E-state index contributed by atoms with van der Waals surface area (Å²) in [6.07, 6.45) is 8.06. The molecule has 0 saturated heterocycles. The topological polar surface area (TPSA) is 174 Å². The number of aromatic nitrogens is 4. The van der Waals surface area contributed by atoms with Gasteiger partial charge in [0.25, 0.3) is 5.91 Å². The van der Waals surface area contributed by atoms with E-state index in [-0.39, 0.29) is 18.1 Å². The zero-order valence-corrected chi connectivity index (χ0v) is 36.5. The van der Waals surface area contributed by atoms with Crippen molar-refractivity contribution in [3.05, 3.63) is 142 Å². The quantitative estimate of drug-likeness (QED) is 0.120. The number of benzene rings is 2. The molecule has 2 aliphatic heterocycles. The number of carboxylic acid groups (broad SMARTS) is 1. The highest BCUT2D eigenvalue weighted by Crippen LogP contribution is 2.19. The molecular weight excluding hydrogens is 950 g/mol. The molecule has 6 aromatic rings. The Bertz CT molecular complexity index is 2250. The first kappa shape index (κ1) is 44.1. The lowest BCUT2D eigenvalue weighted by atomic mass is 10.00. The molecule has 1 amide bonds. The van der Waals surface area contributed by atoms with Gasteiger partial charge in [-0.25, -0.2) is 14.8 Å². The highest BCUT2D eigenvalue weighted by Gasteiger charge is 2.20. The van der Waals surface area contributed by atoms with Crippen LogP contribution in [0.5, 0.6) is 0 Å². The number of aryl methyl sites for hydroxylation is 2. The number of β-amino-alcohol motifs (C(OH)–C–C–N with tert-alkyl or cyclic N) is 2. The van der Waals surface area contributed by atoms with Crippen LogP contribution in [0, 0.1) is 13.8 Å². The van der Waals surface area contributed by atoms with Crippen LogP contribution >= 0.6 is 37.2 Å². The Morgan fingerprint density at radius 3 is 1.65 bits per heavy atom. The number of amides is 1. The predicted molar refractivity (Wildman–Crippen MR) is 239 cm³/mol. The average Bonchev–Trinajstić information content (AvgIpc) is 3.85. The summed E-state index contributed by atoms with van der Waals surface area (Å²) in [5.41, 5.74) is 14.9. The fourth-order valence-electron chi connectivity index (χ4n) is 6.87. The SMILES string of the molecule is Cc1ccc2nc(C(=O)NC[C@H](O)CN3CCc4ccccc4C3)cn2c1.Cc1ccc2nc(C(=O)O)cn2c1.II.NC[C@H](O)CN1CCc2ccccc2C1. The number of halogens is 2. The molecule has 0 unspecified atom stereocenters. The summed E-state index contributed by atoms with van der Waals surface area (Å²) in [5.74, 6) is -1.26. The molecule has 0 fully saturated rings. The van der Waals surface area contributed by atoms with Crippen LogP contribution in [0.4, 0.5) is 0 Å². The molecule has 8 rings (SSSR count). The summed E-state index contributed by atoms with van der Waals surface area (Å²) in [5, 5.41) is 31.3. The van der Waals surface area contributed by atoms with Crippen LogP contribution < -0.4 is 11.1 Å². The Labute approximate surface area is 356 Å². The fraction of sp³-hybridized carbons (Fsp3) is 0.333. The number of nitrogens with one attached hydrogen (secondary N) is 1. The van der Waals surface area contributed by atoms with E-state index in [1.54, 1.807) is 16.7 Å². The van der Waals surface area contributed by atoms with Gasteiger partial charge in [0.1, 0.15) is 17.0 Å². The molecule has 2 aliphatic rings. The normalized spacial score (nSPS) is 14.7. The maximum Gasteiger partial charge on any atom is 0.356 e. The zero-order chi connectivity index (χ0) is 40.9. The van der Waals surface area contributed by atoms with Crippen molar-refractivity contribution in [2.24, 2.45) is 5.73 Å². The van der Waals surface area contributed by atoms with Gasteiger partial charge in [-0.3, -0.25) is 14.6 Å². The fourth-order valence-corrected chi connectivity index (χ4v) is 6.87. The summed E-state index contributed by atoms with van der Waals surface area (Å²) < 4.78 is 3.55. The van der Waals surface area contributed by atoms with Gasteiger partial charge in [0.05, 0.1) is 12.2 Å². The number of carboxylic acids is 1. The second-order valence-electron chi connectivity index (χ2n) is 14.3. The molecule has 302 valence electrons. The summed E-state index contributed by atoms with van der Waals surface area (Å²) in [7, 11) is 0. The van der Waals surface area contributed by atoms with Gasteiger partial charge >= 0.3 is 5.97 Å². The molecule has 0 aliphatic carbocycles. The van der Waals surface area contributed by atoms with Crippen molar-refractivity contribution in [3.8, 4) is 0 Å². The van der Waals surface area contributed by atoms with E-state index in [0.29, 0.717) is 31.0 Å². The number of hydrogen-bond donors (Lipinski definition) is 5. The molecule has 0 bridgehead atoms. The number of nitrogens with zero attached hydrogens (tertiary/aromatic N) is 6. The lowest BCUT2D eigenvalue weighted by Gasteiger charge is -2.30. The number of carbonyl (C=O) groups is 2. The van der Waals surface area contributed by atoms with Gasteiger partial charge in [-0.2, -0.15) is 0 Å². The summed E-state index contributed by atoms with van der Waals surface area (Å²) in [4.78, 5) is 35.7. The number of hydrogen-bond acceptors (Lipinski definition) is 9. The highest BCUT2D eigenvalue weighted by atomic mass is 128. The number of pyridine rings is 2. The molecule has 6 N–H and O–H groups in total. The van der Waals surface area contributed by atoms with Gasteiger partial charge in [0, 0.05) is 114 Å². The third-order valence-electron chi connectivity index (χ3n) is 9.78. The second kappa shape index (κ2) is 21.7. The molecule has 2 atom stereocenters. The maximum atomic E-state index is 12.3. The third kappa shape index (κ3) is 12.8. The van der Waals surface area contributed by atoms with Crippen molar-refractivity contribution in [2.75, 3.05) is 39.3 Å². The number of carbonyl (C=O) groups excluding carboxylic acids is 1. The molecule has 0 radical (unpaired) electrons. The van der Waals surface area contributed by atoms with Crippen LogP contribution in [0.15, 0.2) is 97.6 Å². The summed E-state index contributed by atoms with van der Waals surface area (Å²) >= 11 is 4.24. The number of aliphatic hydroxyl groups excluding tert-OH is 2. The number of nitrogens with two attached hydrogens (primary N) is 1. The largest absolute Gasteiger partial charge is 0.476 e. The summed E-state index contributed by atoms with van der Waals surface area (Å²) in [6, 6.07) is 24.5. The van der Waals surface area contributed by atoms with Crippen LogP contribution in [-0.2, 0) is 25.9 Å². The Balaban J connectivity index is 0.000000175. The smallest absolute Gasteiger partial charge is 0.356 e. The minimum Gasteiger partial charge on any atom is -0.476 e. The van der Waals surface area contributed by atoms with Crippen molar-refractivity contribution in [3.63, 3.8) is 0 Å². The summed E-state index contributed by atoms with van der Waals surface area (Å²) in [6.45, 7) is 9.45. The highest BCUT2D eigenvalue weighted by molar-refractivity contribution is 15.0. The number of rotatable bonds is 9. The first-order chi connectivity index (χ1) is 27.5. The van der Waals surface area contributed by atoms with E-state index < -0.39 is 18.2 Å². The molecule has 13 nitrogen and oxygen atoms in total. The first-order valence-electron chi connectivity index (χ1n) is 18.8. The molecule has 0 saturated carbocycles. The molecule has 0 spiro atoms. The average molecular weight is 1000 g/mol. The second-order valence-corrected chi connectivity index (χ2v) is 14.3. The Morgan fingerprint density at radius 2 is 1.16 bits per heavy atom. The minimum atomic E-state index is -0.999. The standard InChI is InChI=1S/C21H24N4O2.C12H18N2O.C9H8N2O2.I2/c1-15-6-7-20-23-19(14-25(20)11-15)21(27)22-10-18(26)13-24-9-8-16-4-2-3-5-17(16)12-24;13-7-12(15)9-14-6-5-10-3-1-2-4-11(10)8-14;1-6-2-3-8-10-7(9(12)13)5-11(8)4-6;1-2/h2-7,11,14,18,26H,8-10,12-13H2,1H3,(H,22,27);1-4,12,15H,5-9,13H2;2-5H,1H3,(H,12,13);/t18-;12-;;/m00../s1. The van der Waals surface area contributed by atoms with Gasteiger partial charge in [-0.15, -0.1) is 0 Å². The van der Waals surface area contributed by atoms with E-state index in [4.69, 9.17) is 10.8 Å². The Hall–Kier alpha value is -3.98. The van der Waals surface area contributed by atoms with E-state index in [2.05, 4.69) is 111 Å². The molecule has 15 heteroatoms. The van der Waals surface area contributed by atoms with Crippen molar-refractivity contribution >= 4 is 60.4 Å². The van der Waals surface area contributed by atoms with Crippen molar-refractivity contribution in [1.29, 1.82) is 0 Å². The molecule has 57 heavy (non-hydrogen) atoms. The lowest BCUT2D eigenvalue weighted by molar-refractivity contribution is 0.0691. The Morgan fingerprint density at radius 1 is 0.702 bits per heavy atom. The number of aromatic carboxylic acids is 1. The van der Waals surface area contributed by atoms with Crippen molar-refractivity contribution < 1.29 is 24.9 Å². The van der Waals surface area contributed by atoms with E-state index in [1.165, 1.54) is 28.5 Å². The number of imidazole rings is 2.